The summed E-state index contributed by atoms with van der Waals surface area (Å²) in [5.74, 6) is 0.795. The van der Waals surface area contributed by atoms with Crippen LogP contribution in [0.2, 0.25) is 0 Å². The monoisotopic (exact) mass is 446 g/mol. The van der Waals surface area contributed by atoms with Crippen LogP contribution < -0.4 is 15.4 Å². The molecule has 0 aliphatic heterocycles. The Morgan fingerprint density at radius 2 is 1.41 bits per heavy atom. The van der Waals surface area contributed by atoms with E-state index in [1.165, 1.54) is 83.5 Å². The molecule has 1 unspecified atom stereocenters. The van der Waals surface area contributed by atoms with Gasteiger partial charge in [0.15, 0.2) is 0 Å². The Balaban J connectivity index is 1.92. The average molecular weight is 447 g/mol. The third-order valence-electron chi connectivity index (χ3n) is 6.02. The van der Waals surface area contributed by atoms with Gasteiger partial charge >= 0.3 is 0 Å². The van der Waals surface area contributed by atoms with Crippen LogP contribution in [0.3, 0.4) is 0 Å². The van der Waals surface area contributed by atoms with Crippen LogP contribution in [0, 0.1) is 0 Å². The maximum Gasteiger partial charge on any atom is 0.238 e. The molecule has 1 aromatic rings. The van der Waals surface area contributed by atoms with Gasteiger partial charge in [0.1, 0.15) is 5.75 Å². The molecule has 0 heterocycles. The fraction of sp³-hybridized carbons (Fsp3) is 0.750. The van der Waals surface area contributed by atoms with E-state index >= 15 is 0 Å². The predicted molar refractivity (Wildman–Crippen MR) is 139 cm³/mol. The Labute approximate surface area is 198 Å². The first-order valence-electron chi connectivity index (χ1n) is 13.4. The van der Waals surface area contributed by atoms with Crippen molar-refractivity contribution in [1.82, 2.24) is 5.32 Å². The molecule has 1 amide bonds. The zero-order valence-corrected chi connectivity index (χ0v) is 21.2. The van der Waals surface area contributed by atoms with Gasteiger partial charge in [0, 0.05) is 11.8 Å². The van der Waals surface area contributed by atoms with E-state index in [-0.39, 0.29) is 12.0 Å². The number of nitrogens with one attached hydrogen (secondary N) is 2. The van der Waals surface area contributed by atoms with Gasteiger partial charge in [0.05, 0.1) is 12.6 Å². The van der Waals surface area contributed by atoms with Gasteiger partial charge < -0.3 is 15.4 Å². The van der Waals surface area contributed by atoms with Gasteiger partial charge in [-0.15, -0.1) is 0 Å². The normalized spacial score (nSPS) is 12.0. The van der Waals surface area contributed by atoms with Gasteiger partial charge in [-0.05, 0) is 38.4 Å². The molecule has 0 aliphatic rings. The SMILES string of the molecule is CCCCCCCCCCCCCCCCNCC(=O)Nc1cccc(OC(C)CC)c1. The van der Waals surface area contributed by atoms with Crippen LogP contribution in [0.1, 0.15) is 117 Å². The minimum atomic E-state index is -0.00365. The van der Waals surface area contributed by atoms with Crippen molar-refractivity contribution in [2.45, 2.75) is 123 Å². The lowest BCUT2D eigenvalue weighted by atomic mass is 10.0. The van der Waals surface area contributed by atoms with E-state index in [0.717, 1.165) is 30.8 Å². The number of carbonyl (C=O) groups excluding carboxylic acids is 1. The number of carbonyl (C=O) groups is 1. The van der Waals surface area contributed by atoms with Crippen molar-refractivity contribution in [3.8, 4) is 5.75 Å². The van der Waals surface area contributed by atoms with E-state index in [9.17, 15) is 4.79 Å². The van der Waals surface area contributed by atoms with Crippen molar-refractivity contribution >= 4 is 11.6 Å². The summed E-state index contributed by atoms with van der Waals surface area (Å²) in [4.78, 5) is 12.1. The zero-order chi connectivity index (χ0) is 23.3. The molecule has 0 aliphatic carbocycles. The average Bonchev–Trinajstić information content (AvgIpc) is 2.79. The lowest BCUT2D eigenvalue weighted by Gasteiger charge is -2.13. The van der Waals surface area contributed by atoms with E-state index in [1.54, 1.807) is 0 Å². The van der Waals surface area contributed by atoms with Crippen LogP contribution >= 0.6 is 0 Å². The molecule has 4 heteroatoms. The summed E-state index contributed by atoms with van der Waals surface area (Å²) >= 11 is 0. The first kappa shape index (κ1) is 28.5. The molecule has 4 nitrogen and oxygen atoms in total. The van der Waals surface area contributed by atoms with Gasteiger partial charge in [-0.25, -0.2) is 0 Å². The number of benzene rings is 1. The summed E-state index contributed by atoms with van der Waals surface area (Å²) in [6.07, 6.45) is 20.3. The molecule has 0 aromatic heterocycles. The van der Waals surface area contributed by atoms with Crippen LogP contribution in [0.15, 0.2) is 24.3 Å². The van der Waals surface area contributed by atoms with Crippen LogP contribution in [0.5, 0.6) is 5.75 Å². The molecule has 2 N–H and O–H groups in total. The Bertz CT molecular complexity index is 576. The van der Waals surface area contributed by atoms with E-state index in [1.807, 2.05) is 31.2 Å². The molecule has 0 radical (unpaired) electrons. The largest absolute Gasteiger partial charge is 0.491 e. The van der Waals surface area contributed by atoms with Gasteiger partial charge in [-0.3, -0.25) is 4.79 Å². The number of hydrogen-bond donors (Lipinski definition) is 2. The molecule has 1 aromatic carbocycles. The Kier molecular flexibility index (Phi) is 17.9. The standard InChI is InChI=1S/C28H50N2O2/c1-4-6-7-8-9-10-11-12-13-14-15-16-17-18-22-29-24-28(31)30-26-20-19-21-27(23-26)32-25(3)5-2/h19-21,23,25,29H,4-18,22,24H2,1-3H3,(H,30,31). The number of ether oxygens (including phenoxy) is 1. The highest BCUT2D eigenvalue weighted by Crippen LogP contribution is 2.19. The van der Waals surface area contributed by atoms with Crippen molar-refractivity contribution in [3.63, 3.8) is 0 Å². The van der Waals surface area contributed by atoms with Gasteiger partial charge in [0.2, 0.25) is 5.91 Å². The van der Waals surface area contributed by atoms with Gasteiger partial charge in [-0.1, -0.05) is 103 Å². The van der Waals surface area contributed by atoms with Crippen molar-refractivity contribution in [2.75, 3.05) is 18.4 Å². The second kappa shape index (κ2) is 20.1. The molecule has 0 saturated heterocycles. The predicted octanol–water partition coefficient (Wildman–Crippen LogP) is 7.87. The van der Waals surface area contributed by atoms with E-state index < -0.39 is 0 Å². The summed E-state index contributed by atoms with van der Waals surface area (Å²) < 4.78 is 5.81. The highest BCUT2D eigenvalue weighted by molar-refractivity contribution is 5.92. The lowest BCUT2D eigenvalue weighted by Crippen LogP contribution is -2.28. The first-order valence-corrected chi connectivity index (χ1v) is 13.4. The molecule has 0 saturated carbocycles. The first-order chi connectivity index (χ1) is 15.7. The molecule has 0 fully saturated rings. The number of rotatable bonds is 21. The van der Waals surface area contributed by atoms with Crippen LogP contribution in [-0.2, 0) is 4.79 Å². The number of hydrogen-bond acceptors (Lipinski definition) is 3. The second-order valence-corrected chi connectivity index (χ2v) is 9.19. The Morgan fingerprint density at radius 3 is 1.97 bits per heavy atom. The van der Waals surface area contributed by atoms with Crippen molar-refractivity contribution in [2.24, 2.45) is 0 Å². The van der Waals surface area contributed by atoms with Gasteiger partial charge in [-0.2, -0.15) is 0 Å². The minimum Gasteiger partial charge on any atom is -0.491 e. The van der Waals surface area contributed by atoms with Crippen LogP contribution in [0.4, 0.5) is 5.69 Å². The minimum absolute atomic E-state index is 0.00365. The van der Waals surface area contributed by atoms with E-state index in [4.69, 9.17) is 4.74 Å². The fourth-order valence-corrected chi connectivity index (χ4v) is 3.81. The molecule has 1 rings (SSSR count). The smallest absolute Gasteiger partial charge is 0.238 e. The van der Waals surface area contributed by atoms with Gasteiger partial charge in [0.25, 0.3) is 0 Å². The Hall–Kier alpha value is -1.55. The Morgan fingerprint density at radius 1 is 0.844 bits per heavy atom. The molecule has 184 valence electrons. The molecule has 0 bridgehead atoms. The molecular weight excluding hydrogens is 396 g/mol. The summed E-state index contributed by atoms with van der Waals surface area (Å²) in [5.41, 5.74) is 0.786. The molecular formula is C28H50N2O2. The molecule has 1 atom stereocenters. The number of amides is 1. The third-order valence-corrected chi connectivity index (χ3v) is 6.02. The highest BCUT2D eigenvalue weighted by Gasteiger charge is 2.05. The molecule has 32 heavy (non-hydrogen) atoms. The number of anilines is 1. The van der Waals surface area contributed by atoms with Crippen molar-refractivity contribution in [1.29, 1.82) is 0 Å². The second-order valence-electron chi connectivity index (χ2n) is 9.19. The maximum absolute atomic E-state index is 12.1. The lowest BCUT2D eigenvalue weighted by molar-refractivity contribution is -0.115. The number of unbranched alkanes of at least 4 members (excludes halogenated alkanes) is 13. The summed E-state index contributed by atoms with van der Waals surface area (Å²) in [5, 5.41) is 6.21. The topological polar surface area (TPSA) is 50.4 Å². The van der Waals surface area contributed by atoms with Crippen molar-refractivity contribution in [3.05, 3.63) is 24.3 Å². The molecule has 0 spiro atoms. The summed E-state index contributed by atoms with van der Waals surface area (Å²) in [6.45, 7) is 7.69. The summed E-state index contributed by atoms with van der Waals surface area (Å²) in [6, 6.07) is 7.62. The zero-order valence-electron chi connectivity index (χ0n) is 21.2. The fourth-order valence-electron chi connectivity index (χ4n) is 3.81. The highest BCUT2D eigenvalue weighted by atomic mass is 16.5. The van der Waals surface area contributed by atoms with E-state index in [2.05, 4.69) is 24.5 Å². The van der Waals surface area contributed by atoms with Crippen LogP contribution in [-0.4, -0.2) is 25.1 Å². The maximum atomic E-state index is 12.1. The van der Waals surface area contributed by atoms with Crippen LogP contribution in [0.25, 0.3) is 0 Å². The van der Waals surface area contributed by atoms with E-state index in [0.29, 0.717) is 6.54 Å². The third kappa shape index (κ3) is 16.1. The quantitative estimate of drug-likeness (QED) is 0.189. The van der Waals surface area contributed by atoms with Crippen molar-refractivity contribution < 1.29 is 9.53 Å². The summed E-state index contributed by atoms with van der Waals surface area (Å²) in [7, 11) is 0.